The summed E-state index contributed by atoms with van der Waals surface area (Å²) in [5, 5.41) is 5.95. The van der Waals surface area contributed by atoms with Crippen LogP contribution in [0, 0.1) is 11.8 Å². The summed E-state index contributed by atoms with van der Waals surface area (Å²) in [4.78, 5) is 39.6. The Morgan fingerprint density at radius 2 is 1.77 bits per heavy atom. The van der Waals surface area contributed by atoms with Crippen LogP contribution in [0.4, 0.5) is 4.79 Å². The molecule has 0 radical (unpaired) electrons. The Labute approximate surface area is 179 Å². The Bertz CT molecular complexity index is 802. The van der Waals surface area contributed by atoms with Gasteiger partial charge in [-0.05, 0) is 41.7 Å². The Morgan fingerprint density at radius 3 is 2.33 bits per heavy atom. The predicted molar refractivity (Wildman–Crippen MR) is 117 cm³/mol. The highest BCUT2D eigenvalue weighted by Crippen LogP contribution is 2.38. The minimum atomic E-state index is -0.834. The van der Waals surface area contributed by atoms with E-state index in [9.17, 15) is 14.4 Å². The van der Waals surface area contributed by atoms with Gasteiger partial charge in [0, 0.05) is 0 Å². The minimum Gasteiger partial charge on any atom is -0.347 e. The summed E-state index contributed by atoms with van der Waals surface area (Å²) in [6.45, 7) is 10.2. The Balaban J connectivity index is 1.70. The molecule has 0 aromatic heterocycles. The molecule has 0 bridgehead atoms. The Hall–Kier alpha value is -2.37. The van der Waals surface area contributed by atoms with E-state index in [1.54, 1.807) is 0 Å². The molecule has 1 saturated carbocycles. The number of amides is 4. The van der Waals surface area contributed by atoms with Gasteiger partial charge in [0.05, 0.1) is 6.04 Å². The number of carbonyl (C=O) groups is 3. The lowest BCUT2D eigenvalue weighted by Crippen LogP contribution is -2.54. The lowest BCUT2D eigenvalue weighted by atomic mass is 9.73. The minimum absolute atomic E-state index is 0.0821. The second kappa shape index (κ2) is 8.78. The molecule has 6 heteroatoms. The zero-order valence-corrected chi connectivity index (χ0v) is 18.8. The van der Waals surface area contributed by atoms with E-state index in [1.165, 1.54) is 5.56 Å². The van der Waals surface area contributed by atoms with E-state index in [-0.39, 0.29) is 36.2 Å². The third kappa shape index (κ3) is 4.23. The molecule has 164 valence electrons. The van der Waals surface area contributed by atoms with Gasteiger partial charge in [-0.2, -0.15) is 0 Å². The summed E-state index contributed by atoms with van der Waals surface area (Å²) in [5.41, 5.74) is 1.44. The van der Waals surface area contributed by atoms with Gasteiger partial charge in [0.15, 0.2) is 0 Å². The van der Waals surface area contributed by atoms with Gasteiger partial charge in [0.2, 0.25) is 5.91 Å². The van der Waals surface area contributed by atoms with Crippen LogP contribution >= 0.6 is 0 Å². The average molecular weight is 414 g/mol. The fraction of sp³-hybridized carbons (Fsp3) is 0.625. The SMILES string of the molecule is CC(C)c1ccc(C(NC(=O)CN2C(=O)NC3(CCCCC3C)C2=O)C(C)C)cc1. The predicted octanol–water partition coefficient (Wildman–Crippen LogP) is 4.12. The molecular formula is C24H35N3O3. The lowest BCUT2D eigenvalue weighted by Gasteiger charge is -2.36. The molecule has 1 heterocycles. The average Bonchev–Trinajstić information content (AvgIpc) is 2.93. The normalized spacial score (nSPS) is 25.2. The molecule has 1 aliphatic carbocycles. The summed E-state index contributed by atoms with van der Waals surface area (Å²) in [6.07, 6.45) is 3.54. The topological polar surface area (TPSA) is 78.5 Å². The molecule has 1 aliphatic heterocycles. The zero-order valence-electron chi connectivity index (χ0n) is 18.8. The third-order valence-electron chi connectivity index (χ3n) is 6.75. The van der Waals surface area contributed by atoms with E-state index in [0.717, 1.165) is 29.7 Å². The van der Waals surface area contributed by atoms with Crippen molar-refractivity contribution in [2.24, 2.45) is 11.8 Å². The molecule has 6 nitrogen and oxygen atoms in total. The highest BCUT2D eigenvalue weighted by molar-refractivity contribution is 6.09. The van der Waals surface area contributed by atoms with Crippen LogP contribution in [0.25, 0.3) is 0 Å². The first-order valence-corrected chi connectivity index (χ1v) is 11.2. The van der Waals surface area contributed by atoms with Crippen LogP contribution < -0.4 is 10.6 Å². The summed E-state index contributed by atoms with van der Waals surface area (Å²) in [6, 6.07) is 7.65. The highest BCUT2D eigenvalue weighted by atomic mass is 16.2. The third-order valence-corrected chi connectivity index (χ3v) is 6.75. The first-order chi connectivity index (χ1) is 14.2. The van der Waals surface area contributed by atoms with Crippen LogP contribution in [0.3, 0.4) is 0 Å². The van der Waals surface area contributed by atoms with Gasteiger partial charge in [0.25, 0.3) is 5.91 Å². The van der Waals surface area contributed by atoms with Crippen LogP contribution in [0.5, 0.6) is 0 Å². The summed E-state index contributed by atoms with van der Waals surface area (Å²) in [7, 11) is 0. The molecule has 3 atom stereocenters. The maximum atomic E-state index is 13.1. The van der Waals surface area contributed by atoms with Crippen LogP contribution in [0.2, 0.25) is 0 Å². The number of carbonyl (C=O) groups excluding carboxylic acids is 3. The van der Waals surface area contributed by atoms with Gasteiger partial charge in [-0.1, -0.05) is 71.7 Å². The Kier molecular flexibility index (Phi) is 6.53. The number of hydrogen-bond acceptors (Lipinski definition) is 3. The van der Waals surface area contributed by atoms with E-state index < -0.39 is 11.6 Å². The first-order valence-electron chi connectivity index (χ1n) is 11.2. The fourth-order valence-electron chi connectivity index (χ4n) is 4.72. The number of urea groups is 1. The van der Waals surface area contributed by atoms with Crippen molar-refractivity contribution in [3.8, 4) is 0 Å². The molecule has 2 aliphatic rings. The number of rotatable bonds is 6. The number of imide groups is 1. The van der Waals surface area contributed by atoms with Crippen molar-refractivity contribution in [2.45, 2.75) is 77.8 Å². The van der Waals surface area contributed by atoms with Crippen molar-refractivity contribution in [2.75, 3.05) is 6.54 Å². The number of nitrogens with one attached hydrogen (secondary N) is 2. The van der Waals surface area contributed by atoms with E-state index in [0.29, 0.717) is 12.3 Å². The van der Waals surface area contributed by atoms with Crippen molar-refractivity contribution < 1.29 is 14.4 Å². The van der Waals surface area contributed by atoms with E-state index in [4.69, 9.17) is 0 Å². The molecule has 4 amide bonds. The fourth-order valence-corrected chi connectivity index (χ4v) is 4.72. The molecule has 3 rings (SSSR count). The smallest absolute Gasteiger partial charge is 0.325 e. The van der Waals surface area contributed by atoms with Crippen molar-refractivity contribution in [1.82, 2.24) is 15.5 Å². The second-order valence-corrected chi connectivity index (χ2v) is 9.55. The number of benzene rings is 1. The zero-order chi connectivity index (χ0) is 22.1. The number of hydrogen-bond donors (Lipinski definition) is 2. The van der Waals surface area contributed by atoms with E-state index in [1.807, 2.05) is 32.9 Å². The highest BCUT2D eigenvalue weighted by Gasteiger charge is 2.55. The van der Waals surface area contributed by atoms with Gasteiger partial charge < -0.3 is 10.6 Å². The van der Waals surface area contributed by atoms with Crippen LogP contribution in [0.15, 0.2) is 24.3 Å². The molecule has 1 aromatic carbocycles. The molecule has 3 unspecified atom stereocenters. The van der Waals surface area contributed by atoms with Gasteiger partial charge in [0.1, 0.15) is 12.1 Å². The maximum Gasteiger partial charge on any atom is 0.325 e. The molecule has 1 saturated heterocycles. The van der Waals surface area contributed by atoms with Crippen LogP contribution in [0.1, 0.15) is 83.4 Å². The summed E-state index contributed by atoms with van der Waals surface area (Å²) < 4.78 is 0. The molecular weight excluding hydrogens is 378 g/mol. The summed E-state index contributed by atoms with van der Waals surface area (Å²) >= 11 is 0. The Morgan fingerprint density at radius 1 is 1.13 bits per heavy atom. The van der Waals surface area contributed by atoms with Crippen molar-refractivity contribution in [3.63, 3.8) is 0 Å². The first kappa shape index (κ1) is 22.3. The van der Waals surface area contributed by atoms with E-state index in [2.05, 4.69) is 36.6 Å². The van der Waals surface area contributed by atoms with Crippen molar-refractivity contribution in [1.29, 1.82) is 0 Å². The molecule has 1 aromatic rings. The molecule has 30 heavy (non-hydrogen) atoms. The molecule has 2 fully saturated rings. The van der Waals surface area contributed by atoms with Crippen LogP contribution in [-0.2, 0) is 9.59 Å². The van der Waals surface area contributed by atoms with Gasteiger partial charge in [-0.3, -0.25) is 14.5 Å². The molecule has 2 N–H and O–H groups in total. The largest absolute Gasteiger partial charge is 0.347 e. The van der Waals surface area contributed by atoms with E-state index >= 15 is 0 Å². The van der Waals surface area contributed by atoms with Gasteiger partial charge in [-0.15, -0.1) is 0 Å². The maximum absolute atomic E-state index is 13.1. The lowest BCUT2D eigenvalue weighted by molar-refractivity contribution is -0.137. The van der Waals surface area contributed by atoms with Crippen molar-refractivity contribution >= 4 is 17.8 Å². The van der Waals surface area contributed by atoms with Gasteiger partial charge >= 0.3 is 6.03 Å². The quantitative estimate of drug-likeness (QED) is 0.689. The second-order valence-electron chi connectivity index (χ2n) is 9.55. The standard InChI is InChI=1S/C24H35N3O3/c1-15(2)18-9-11-19(12-10-18)21(16(3)4)25-20(28)14-27-22(29)24(26-23(27)30)13-7-6-8-17(24)5/h9-12,15-17,21H,6-8,13-14H2,1-5H3,(H,25,28)(H,26,30). The van der Waals surface area contributed by atoms with Crippen LogP contribution in [-0.4, -0.2) is 34.8 Å². The monoisotopic (exact) mass is 413 g/mol. The van der Waals surface area contributed by atoms with Gasteiger partial charge in [-0.25, -0.2) is 4.79 Å². The molecule has 1 spiro atoms. The summed E-state index contributed by atoms with van der Waals surface area (Å²) in [5.74, 6) is 0.133. The number of nitrogens with zero attached hydrogens (tertiary/aromatic N) is 1. The van der Waals surface area contributed by atoms with Crippen molar-refractivity contribution in [3.05, 3.63) is 35.4 Å².